The van der Waals surface area contributed by atoms with Crippen LogP contribution in [0, 0.1) is 11.3 Å². The summed E-state index contributed by atoms with van der Waals surface area (Å²) in [7, 11) is 0. The van der Waals surface area contributed by atoms with E-state index in [1.807, 2.05) is 6.07 Å². The van der Waals surface area contributed by atoms with Gasteiger partial charge in [0.1, 0.15) is 5.92 Å². The molecule has 0 saturated carbocycles. The van der Waals surface area contributed by atoms with E-state index in [-0.39, 0.29) is 0 Å². The maximum Gasteiger partial charge on any atom is 0.313 e. The summed E-state index contributed by atoms with van der Waals surface area (Å²) in [6.45, 7) is 3.29. The molecule has 0 aliphatic carbocycles. The molecule has 6 heteroatoms. The number of benzene rings is 2. The maximum atomic E-state index is 12.5. The second-order valence-electron chi connectivity index (χ2n) is 6.19. The third-order valence-electron chi connectivity index (χ3n) is 3.86. The van der Waals surface area contributed by atoms with E-state index in [1.165, 1.54) is 24.3 Å². The van der Waals surface area contributed by atoms with Gasteiger partial charge < -0.3 is 10.4 Å². The van der Waals surface area contributed by atoms with Crippen LogP contribution in [0.1, 0.15) is 41.3 Å². The molecular formula is C19H17ClN2O3. The fraction of sp³-hybridized carbons (Fsp3) is 0.211. The molecule has 128 valence electrons. The smallest absolute Gasteiger partial charge is 0.313 e. The van der Waals surface area contributed by atoms with Gasteiger partial charge in [-0.05, 0) is 55.8 Å². The summed E-state index contributed by atoms with van der Waals surface area (Å²) in [6, 6.07) is 14.7. The fourth-order valence-electron chi connectivity index (χ4n) is 2.69. The molecule has 0 heterocycles. The molecule has 0 radical (unpaired) electrons. The number of nitriles is 1. The van der Waals surface area contributed by atoms with E-state index in [0.717, 1.165) is 0 Å². The first-order valence-corrected chi connectivity index (χ1v) is 7.93. The van der Waals surface area contributed by atoms with Crippen molar-refractivity contribution in [1.29, 1.82) is 5.26 Å². The van der Waals surface area contributed by atoms with Gasteiger partial charge in [0, 0.05) is 10.6 Å². The molecule has 1 amide bonds. The van der Waals surface area contributed by atoms with Crippen LogP contribution in [0.2, 0.25) is 5.02 Å². The highest BCUT2D eigenvalue weighted by Gasteiger charge is 2.38. The van der Waals surface area contributed by atoms with Crippen LogP contribution in [0.3, 0.4) is 0 Å². The third kappa shape index (κ3) is 4.37. The number of carbonyl (C=O) groups excluding carboxylic acids is 1. The zero-order valence-electron chi connectivity index (χ0n) is 13.8. The maximum absolute atomic E-state index is 12.5. The van der Waals surface area contributed by atoms with Gasteiger partial charge in [-0.3, -0.25) is 9.59 Å². The van der Waals surface area contributed by atoms with Crippen LogP contribution >= 0.6 is 11.6 Å². The second kappa shape index (κ2) is 7.37. The van der Waals surface area contributed by atoms with Gasteiger partial charge in [-0.15, -0.1) is 0 Å². The van der Waals surface area contributed by atoms with Gasteiger partial charge in [-0.1, -0.05) is 23.7 Å². The van der Waals surface area contributed by atoms with E-state index >= 15 is 0 Å². The summed E-state index contributed by atoms with van der Waals surface area (Å²) in [6.07, 6.45) is 0. The van der Waals surface area contributed by atoms with Crippen LogP contribution in [0.4, 0.5) is 0 Å². The minimum atomic E-state index is -1.07. The predicted octanol–water partition coefficient (Wildman–Crippen LogP) is 3.59. The summed E-state index contributed by atoms with van der Waals surface area (Å²) in [5.41, 5.74) is 0.229. The Morgan fingerprint density at radius 3 is 2.36 bits per heavy atom. The number of nitrogens with zero attached hydrogens (tertiary/aromatic N) is 1. The summed E-state index contributed by atoms with van der Waals surface area (Å²) < 4.78 is 0. The van der Waals surface area contributed by atoms with Crippen molar-refractivity contribution < 1.29 is 14.7 Å². The van der Waals surface area contributed by atoms with Crippen LogP contribution in [0.5, 0.6) is 0 Å². The molecular weight excluding hydrogens is 340 g/mol. The number of carboxylic acids is 1. The Hall–Kier alpha value is -2.84. The first-order valence-electron chi connectivity index (χ1n) is 7.55. The van der Waals surface area contributed by atoms with Gasteiger partial charge in [0.25, 0.3) is 5.91 Å². The number of halogens is 1. The molecule has 0 bridgehead atoms. The summed E-state index contributed by atoms with van der Waals surface area (Å²) >= 11 is 5.97. The lowest BCUT2D eigenvalue weighted by Gasteiger charge is -2.33. The van der Waals surface area contributed by atoms with Crippen LogP contribution in [-0.4, -0.2) is 22.5 Å². The zero-order chi connectivity index (χ0) is 18.6. The van der Waals surface area contributed by atoms with E-state index in [1.54, 1.807) is 38.1 Å². The molecule has 25 heavy (non-hydrogen) atoms. The zero-order valence-corrected chi connectivity index (χ0v) is 14.5. The lowest BCUT2D eigenvalue weighted by atomic mass is 9.81. The molecule has 2 N–H and O–H groups in total. The SMILES string of the molecule is CC(C)(NC(=O)c1ccc(C#N)cc1)C(C(=O)O)c1cccc(Cl)c1. The predicted molar refractivity (Wildman–Crippen MR) is 94.5 cm³/mol. The Balaban J connectivity index is 2.29. The van der Waals surface area contributed by atoms with Crippen molar-refractivity contribution in [2.75, 3.05) is 0 Å². The molecule has 0 aromatic heterocycles. The van der Waals surface area contributed by atoms with Gasteiger partial charge in [-0.25, -0.2) is 0 Å². The normalized spacial score (nSPS) is 12.1. The van der Waals surface area contributed by atoms with Crippen LogP contribution in [0.25, 0.3) is 0 Å². The molecule has 2 aromatic rings. The van der Waals surface area contributed by atoms with Crippen molar-refractivity contribution >= 4 is 23.5 Å². The average Bonchev–Trinajstić information content (AvgIpc) is 2.54. The molecule has 1 unspecified atom stereocenters. The van der Waals surface area contributed by atoms with Gasteiger partial charge in [0.15, 0.2) is 0 Å². The van der Waals surface area contributed by atoms with Crippen LogP contribution in [0.15, 0.2) is 48.5 Å². The Bertz CT molecular complexity index is 838. The molecule has 2 aromatic carbocycles. The molecule has 0 aliphatic rings. The average molecular weight is 357 g/mol. The van der Waals surface area contributed by atoms with Crippen molar-refractivity contribution in [3.05, 3.63) is 70.2 Å². The molecule has 0 saturated heterocycles. The number of carbonyl (C=O) groups is 2. The molecule has 0 spiro atoms. The largest absolute Gasteiger partial charge is 0.481 e. The molecule has 0 aliphatic heterocycles. The number of hydrogen-bond acceptors (Lipinski definition) is 3. The van der Waals surface area contributed by atoms with E-state index < -0.39 is 23.3 Å². The highest BCUT2D eigenvalue weighted by Crippen LogP contribution is 2.30. The Labute approximate surface area is 150 Å². The van der Waals surface area contributed by atoms with Gasteiger partial charge in [0.05, 0.1) is 17.2 Å². The molecule has 1 atom stereocenters. The van der Waals surface area contributed by atoms with Crippen LogP contribution in [-0.2, 0) is 4.79 Å². The van der Waals surface area contributed by atoms with Crippen molar-refractivity contribution in [1.82, 2.24) is 5.32 Å². The minimum Gasteiger partial charge on any atom is -0.481 e. The second-order valence-corrected chi connectivity index (χ2v) is 6.63. The quantitative estimate of drug-likeness (QED) is 0.856. The first-order chi connectivity index (χ1) is 11.7. The summed E-state index contributed by atoms with van der Waals surface area (Å²) in [4.78, 5) is 24.3. The highest BCUT2D eigenvalue weighted by atomic mass is 35.5. The minimum absolute atomic E-state index is 0.349. The molecule has 0 fully saturated rings. The fourth-order valence-corrected chi connectivity index (χ4v) is 2.89. The number of nitrogens with one attached hydrogen (secondary N) is 1. The Kier molecular flexibility index (Phi) is 5.45. The van der Waals surface area contributed by atoms with Crippen molar-refractivity contribution in [3.63, 3.8) is 0 Å². The van der Waals surface area contributed by atoms with E-state index in [4.69, 9.17) is 16.9 Å². The topological polar surface area (TPSA) is 90.2 Å². The monoisotopic (exact) mass is 356 g/mol. The number of aliphatic carboxylic acids is 1. The summed E-state index contributed by atoms with van der Waals surface area (Å²) in [5.74, 6) is -2.45. The van der Waals surface area contributed by atoms with Crippen molar-refractivity contribution in [2.45, 2.75) is 25.3 Å². The van der Waals surface area contributed by atoms with Crippen molar-refractivity contribution in [3.8, 4) is 6.07 Å². The lowest BCUT2D eigenvalue weighted by molar-refractivity contribution is -0.140. The number of amides is 1. The Morgan fingerprint density at radius 1 is 1.20 bits per heavy atom. The molecule has 5 nitrogen and oxygen atoms in total. The van der Waals surface area contributed by atoms with Gasteiger partial charge in [0.2, 0.25) is 0 Å². The number of hydrogen-bond donors (Lipinski definition) is 2. The third-order valence-corrected chi connectivity index (χ3v) is 4.10. The number of rotatable bonds is 5. The van der Waals surface area contributed by atoms with E-state index in [9.17, 15) is 14.7 Å². The Morgan fingerprint density at radius 2 is 1.84 bits per heavy atom. The lowest BCUT2D eigenvalue weighted by Crippen LogP contribution is -2.50. The van der Waals surface area contributed by atoms with E-state index in [0.29, 0.717) is 21.7 Å². The van der Waals surface area contributed by atoms with E-state index in [2.05, 4.69) is 5.32 Å². The van der Waals surface area contributed by atoms with Gasteiger partial charge >= 0.3 is 5.97 Å². The van der Waals surface area contributed by atoms with Crippen molar-refractivity contribution in [2.24, 2.45) is 0 Å². The number of carboxylic acid groups (broad SMARTS) is 1. The van der Waals surface area contributed by atoms with Crippen LogP contribution < -0.4 is 5.32 Å². The highest BCUT2D eigenvalue weighted by molar-refractivity contribution is 6.30. The van der Waals surface area contributed by atoms with Gasteiger partial charge in [-0.2, -0.15) is 5.26 Å². The first kappa shape index (κ1) is 18.5. The molecule has 2 rings (SSSR count). The summed E-state index contributed by atoms with van der Waals surface area (Å²) in [5, 5.41) is 21.7. The standard InChI is InChI=1S/C19H17ClN2O3/c1-19(2,16(18(24)25)14-4-3-5-15(20)10-14)22-17(23)13-8-6-12(11-21)7-9-13/h3-10,16H,1-2H3,(H,22,23)(H,24,25).